The normalized spacial score (nSPS) is 10.8. The molecule has 0 saturated carbocycles. The minimum Gasteiger partial charge on any atom is -0.380 e. The third-order valence-corrected chi connectivity index (χ3v) is 4.10. The van der Waals surface area contributed by atoms with Crippen molar-refractivity contribution in [2.75, 3.05) is 7.11 Å². The molecule has 0 spiro atoms. The summed E-state index contributed by atoms with van der Waals surface area (Å²) in [6.45, 7) is 4.74. The maximum Gasteiger partial charge on any atom is 0.0713 e. The zero-order valence-corrected chi connectivity index (χ0v) is 12.4. The van der Waals surface area contributed by atoms with E-state index in [9.17, 15) is 0 Å². The Bertz CT molecular complexity index is 507. The Labute approximate surface area is 119 Å². The molecule has 19 heavy (non-hydrogen) atoms. The Kier molecular flexibility index (Phi) is 5.58. The Morgan fingerprint density at radius 1 is 1.16 bits per heavy atom. The first-order valence-electron chi connectivity index (χ1n) is 6.66. The van der Waals surface area contributed by atoms with E-state index in [4.69, 9.17) is 4.74 Å². The number of benzene rings is 1. The van der Waals surface area contributed by atoms with Gasteiger partial charge < -0.3 is 10.1 Å². The molecule has 0 amide bonds. The molecule has 1 N–H and O–H groups in total. The number of nitrogens with one attached hydrogen (secondary N) is 1. The van der Waals surface area contributed by atoms with Gasteiger partial charge in [0.05, 0.1) is 6.61 Å². The van der Waals surface area contributed by atoms with Crippen molar-refractivity contribution >= 4 is 11.3 Å². The Hall–Kier alpha value is -1.16. The van der Waals surface area contributed by atoms with Gasteiger partial charge >= 0.3 is 0 Å². The molecule has 0 aliphatic carbocycles. The molecule has 1 heterocycles. The third-order valence-electron chi connectivity index (χ3n) is 3.14. The molecule has 0 fully saturated rings. The summed E-state index contributed by atoms with van der Waals surface area (Å²) < 4.78 is 5.16. The summed E-state index contributed by atoms with van der Waals surface area (Å²) in [6.07, 6.45) is 1.11. The molecular formula is C16H21NOS. The monoisotopic (exact) mass is 275 g/mol. The summed E-state index contributed by atoms with van der Waals surface area (Å²) in [7, 11) is 1.73. The van der Waals surface area contributed by atoms with Crippen LogP contribution in [0.2, 0.25) is 0 Å². The van der Waals surface area contributed by atoms with Crippen LogP contribution in [0.15, 0.2) is 35.7 Å². The van der Waals surface area contributed by atoms with Crippen LogP contribution in [-0.4, -0.2) is 7.11 Å². The molecule has 0 unspecified atom stereocenters. The van der Waals surface area contributed by atoms with Crippen LogP contribution in [0.3, 0.4) is 0 Å². The molecular weight excluding hydrogens is 254 g/mol. The highest BCUT2D eigenvalue weighted by Crippen LogP contribution is 2.17. The van der Waals surface area contributed by atoms with E-state index >= 15 is 0 Å². The van der Waals surface area contributed by atoms with Gasteiger partial charge in [-0.2, -0.15) is 0 Å². The molecule has 1 aromatic carbocycles. The van der Waals surface area contributed by atoms with Crippen molar-refractivity contribution in [2.24, 2.45) is 0 Å². The lowest BCUT2D eigenvalue weighted by molar-refractivity contribution is 0.185. The summed E-state index contributed by atoms with van der Waals surface area (Å²) >= 11 is 1.84. The van der Waals surface area contributed by atoms with Gasteiger partial charge in [-0.05, 0) is 34.6 Å². The topological polar surface area (TPSA) is 21.3 Å². The summed E-state index contributed by atoms with van der Waals surface area (Å²) in [5.41, 5.74) is 4.00. The molecule has 0 bridgehead atoms. The highest BCUT2D eigenvalue weighted by Gasteiger charge is 2.02. The number of thiophene rings is 1. The number of methoxy groups -OCH3 is 1. The second kappa shape index (κ2) is 7.43. The van der Waals surface area contributed by atoms with Gasteiger partial charge in [0.2, 0.25) is 0 Å². The maximum absolute atomic E-state index is 5.16. The molecule has 2 rings (SSSR count). The molecule has 2 nitrogen and oxygen atoms in total. The Morgan fingerprint density at radius 2 is 2.00 bits per heavy atom. The van der Waals surface area contributed by atoms with Crippen molar-refractivity contribution in [1.29, 1.82) is 0 Å². The second-order valence-electron chi connectivity index (χ2n) is 4.58. The van der Waals surface area contributed by atoms with Crippen molar-refractivity contribution in [3.8, 4) is 0 Å². The minimum atomic E-state index is 0.679. The van der Waals surface area contributed by atoms with E-state index in [-0.39, 0.29) is 0 Å². The Balaban J connectivity index is 1.87. The zero-order valence-electron chi connectivity index (χ0n) is 11.6. The van der Waals surface area contributed by atoms with Crippen LogP contribution in [0.25, 0.3) is 0 Å². The summed E-state index contributed by atoms with van der Waals surface area (Å²) in [5.74, 6) is 0. The van der Waals surface area contributed by atoms with Gasteiger partial charge in [0.15, 0.2) is 0 Å². The van der Waals surface area contributed by atoms with Crippen molar-refractivity contribution in [3.05, 3.63) is 57.3 Å². The number of hydrogen-bond acceptors (Lipinski definition) is 3. The van der Waals surface area contributed by atoms with E-state index < -0.39 is 0 Å². The van der Waals surface area contributed by atoms with E-state index in [1.54, 1.807) is 7.11 Å². The standard InChI is InChI=1S/C16H21NOS/c1-3-15-7-8-19-16(15)11-17-10-13-5-4-6-14(9-13)12-18-2/h4-9,17H,3,10-12H2,1-2H3. The van der Waals surface area contributed by atoms with Crippen LogP contribution in [0, 0.1) is 0 Å². The largest absolute Gasteiger partial charge is 0.380 e. The third kappa shape index (κ3) is 4.16. The van der Waals surface area contributed by atoms with E-state index in [2.05, 4.69) is 48.0 Å². The first-order chi connectivity index (χ1) is 9.33. The van der Waals surface area contributed by atoms with Crippen LogP contribution in [0.5, 0.6) is 0 Å². The minimum absolute atomic E-state index is 0.679. The second-order valence-corrected chi connectivity index (χ2v) is 5.58. The predicted octanol–water partition coefficient (Wildman–Crippen LogP) is 3.75. The van der Waals surface area contributed by atoms with Gasteiger partial charge in [0, 0.05) is 25.1 Å². The SMILES string of the molecule is CCc1ccsc1CNCc1cccc(COC)c1. The van der Waals surface area contributed by atoms with Gasteiger partial charge in [0.25, 0.3) is 0 Å². The molecule has 0 saturated heterocycles. The number of rotatable bonds is 7. The maximum atomic E-state index is 5.16. The first-order valence-corrected chi connectivity index (χ1v) is 7.54. The predicted molar refractivity (Wildman–Crippen MR) is 81.4 cm³/mol. The lowest BCUT2D eigenvalue weighted by Gasteiger charge is -2.07. The van der Waals surface area contributed by atoms with Gasteiger partial charge in [-0.3, -0.25) is 0 Å². The van der Waals surface area contributed by atoms with Crippen LogP contribution in [0.1, 0.15) is 28.5 Å². The first kappa shape index (κ1) is 14.3. The van der Waals surface area contributed by atoms with E-state index in [1.165, 1.54) is 21.6 Å². The average molecular weight is 275 g/mol. The lowest BCUT2D eigenvalue weighted by Crippen LogP contribution is -2.12. The van der Waals surface area contributed by atoms with E-state index in [0.29, 0.717) is 6.61 Å². The highest BCUT2D eigenvalue weighted by atomic mass is 32.1. The van der Waals surface area contributed by atoms with Gasteiger partial charge in [-0.1, -0.05) is 31.2 Å². The van der Waals surface area contributed by atoms with Crippen LogP contribution in [0.4, 0.5) is 0 Å². The summed E-state index contributed by atoms with van der Waals surface area (Å²) in [6, 6.07) is 10.8. The number of ether oxygens (including phenoxy) is 1. The van der Waals surface area contributed by atoms with Gasteiger partial charge in [-0.25, -0.2) is 0 Å². The average Bonchev–Trinajstić information content (AvgIpc) is 2.87. The van der Waals surface area contributed by atoms with Crippen molar-refractivity contribution < 1.29 is 4.74 Å². The molecule has 0 atom stereocenters. The van der Waals surface area contributed by atoms with Crippen LogP contribution in [-0.2, 0) is 30.9 Å². The van der Waals surface area contributed by atoms with E-state index in [0.717, 1.165) is 19.5 Å². The van der Waals surface area contributed by atoms with Gasteiger partial charge in [-0.15, -0.1) is 11.3 Å². The van der Waals surface area contributed by atoms with Crippen molar-refractivity contribution in [1.82, 2.24) is 5.32 Å². The highest BCUT2D eigenvalue weighted by molar-refractivity contribution is 7.10. The molecule has 102 valence electrons. The van der Waals surface area contributed by atoms with Crippen LogP contribution >= 0.6 is 11.3 Å². The van der Waals surface area contributed by atoms with E-state index in [1.807, 2.05) is 11.3 Å². The molecule has 3 heteroatoms. The smallest absolute Gasteiger partial charge is 0.0713 e. The van der Waals surface area contributed by atoms with Gasteiger partial charge in [0.1, 0.15) is 0 Å². The van der Waals surface area contributed by atoms with Crippen molar-refractivity contribution in [3.63, 3.8) is 0 Å². The molecule has 2 aromatic rings. The molecule has 1 aromatic heterocycles. The fraction of sp³-hybridized carbons (Fsp3) is 0.375. The molecule has 0 aliphatic rings. The quantitative estimate of drug-likeness (QED) is 0.831. The Morgan fingerprint density at radius 3 is 2.79 bits per heavy atom. The fourth-order valence-corrected chi connectivity index (χ4v) is 3.10. The van der Waals surface area contributed by atoms with Crippen molar-refractivity contribution in [2.45, 2.75) is 33.0 Å². The summed E-state index contributed by atoms with van der Waals surface area (Å²) in [5, 5.41) is 5.69. The fourth-order valence-electron chi connectivity index (χ4n) is 2.15. The molecule has 0 radical (unpaired) electrons. The molecule has 0 aliphatic heterocycles. The number of aryl methyl sites for hydroxylation is 1. The zero-order chi connectivity index (χ0) is 13.5. The summed E-state index contributed by atoms with van der Waals surface area (Å²) in [4.78, 5) is 1.45. The van der Waals surface area contributed by atoms with Crippen LogP contribution < -0.4 is 5.32 Å². The number of hydrogen-bond donors (Lipinski definition) is 1. The lowest BCUT2D eigenvalue weighted by atomic mass is 10.1.